The number of nitrogens with one attached hydrogen (secondary N) is 1. The number of carbonyl (C=O) groups excluding carboxylic acids is 2. The summed E-state index contributed by atoms with van der Waals surface area (Å²) in [6.07, 6.45) is 0.900. The number of rotatable bonds is 4. The van der Waals surface area contributed by atoms with E-state index in [0.29, 0.717) is 25.4 Å². The van der Waals surface area contributed by atoms with Crippen LogP contribution in [0, 0.1) is 5.92 Å². The summed E-state index contributed by atoms with van der Waals surface area (Å²) < 4.78 is 4.64. The lowest BCUT2D eigenvalue weighted by Gasteiger charge is -2.32. The number of hydrogen-bond donors (Lipinski definition) is 1. The van der Waals surface area contributed by atoms with Crippen LogP contribution in [0.4, 0.5) is 4.79 Å². The Labute approximate surface area is 131 Å². The Morgan fingerprint density at radius 3 is 2.59 bits per heavy atom. The predicted molar refractivity (Wildman–Crippen MR) is 84.3 cm³/mol. The van der Waals surface area contributed by atoms with Crippen molar-refractivity contribution >= 4 is 12.0 Å². The van der Waals surface area contributed by atoms with Crippen molar-refractivity contribution in [3.63, 3.8) is 0 Å². The molecule has 0 saturated carbocycles. The molecule has 2 amide bonds. The minimum Gasteiger partial charge on any atom is -0.453 e. The number of alkyl carbamates (subject to hydrolysis) is 1. The molecule has 1 aromatic rings. The van der Waals surface area contributed by atoms with Crippen LogP contribution in [0.3, 0.4) is 0 Å². The maximum atomic E-state index is 12.8. The smallest absolute Gasteiger partial charge is 0.407 e. The molecular formula is C17H24N2O3. The van der Waals surface area contributed by atoms with Gasteiger partial charge in [0.15, 0.2) is 0 Å². The molecule has 5 heteroatoms. The fraction of sp³-hybridized carbons (Fsp3) is 0.529. The topological polar surface area (TPSA) is 58.6 Å². The van der Waals surface area contributed by atoms with E-state index in [9.17, 15) is 9.59 Å². The van der Waals surface area contributed by atoms with Gasteiger partial charge in [-0.05, 0) is 29.9 Å². The molecule has 1 aromatic carbocycles. The van der Waals surface area contributed by atoms with Gasteiger partial charge in [0.1, 0.15) is 6.04 Å². The molecule has 1 heterocycles. The Bertz CT molecular complexity index is 542. The van der Waals surface area contributed by atoms with Crippen molar-refractivity contribution in [2.24, 2.45) is 5.92 Å². The largest absolute Gasteiger partial charge is 0.453 e. The van der Waals surface area contributed by atoms with Gasteiger partial charge in [0.05, 0.1) is 7.11 Å². The lowest BCUT2D eigenvalue weighted by molar-refractivity contribution is -0.134. The first kappa shape index (κ1) is 16.3. The lowest BCUT2D eigenvalue weighted by atomic mass is 9.97. The molecule has 1 N–H and O–H groups in total. The summed E-state index contributed by atoms with van der Waals surface area (Å²) in [5, 5.41) is 2.67. The summed E-state index contributed by atoms with van der Waals surface area (Å²) in [7, 11) is 1.31. The predicted octanol–water partition coefficient (Wildman–Crippen LogP) is 2.34. The van der Waals surface area contributed by atoms with Gasteiger partial charge in [0.25, 0.3) is 0 Å². The SMILES string of the molecule is COC(=O)N[C@H](CC(C)C)C(=O)N1CCc2ccccc2C1. The Hall–Kier alpha value is -2.04. The van der Waals surface area contributed by atoms with Crippen molar-refractivity contribution in [1.29, 1.82) is 0 Å². The van der Waals surface area contributed by atoms with Crippen molar-refractivity contribution in [2.75, 3.05) is 13.7 Å². The third kappa shape index (κ3) is 4.00. The highest BCUT2D eigenvalue weighted by atomic mass is 16.5. The minimum absolute atomic E-state index is 0.0337. The van der Waals surface area contributed by atoms with E-state index in [1.54, 1.807) is 0 Å². The molecule has 1 aliphatic rings. The number of carbonyl (C=O) groups is 2. The molecule has 22 heavy (non-hydrogen) atoms. The number of hydrogen-bond acceptors (Lipinski definition) is 3. The van der Waals surface area contributed by atoms with Gasteiger partial charge in [-0.25, -0.2) is 4.79 Å². The minimum atomic E-state index is -0.559. The van der Waals surface area contributed by atoms with Gasteiger partial charge >= 0.3 is 6.09 Å². The van der Waals surface area contributed by atoms with Crippen molar-refractivity contribution in [3.05, 3.63) is 35.4 Å². The van der Waals surface area contributed by atoms with Crippen molar-refractivity contribution in [2.45, 2.75) is 39.3 Å². The monoisotopic (exact) mass is 304 g/mol. The summed E-state index contributed by atoms with van der Waals surface area (Å²) in [6, 6.07) is 7.65. The Morgan fingerprint density at radius 1 is 1.27 bits per heavy atom. The molecular weight excluding hydrogens is 280 g/mol. The highest BCUT2D eigenvalue weighted by Gasteiger charge is 2.29. The number of ether oxygens (including phenoxy) is 1. The number of methoxy groups -OCH3 is 1. The molecule has 0 fully saturated rings. The van der Waals surface area contributed by atoms with E-state index in [4.69, 9.17) is 0 Å². The average molecular weight is 304 g/mol. The van der Waals surface area contributed by atoms with Crippen molar-refractivity contribution in [1.82, 2.24) is 10.2 Å². The standard InChI is InChI=1S/C17H24N2O3/c1-12(2)10-15(18-17(21)22-3)16(20)19-9-8-13-6-4-5-7-14(13)11-19/h4-7,12,15H,8-11H2,1-3H3,(H,18,21)/t15-/m1/s1. The average Bonchev–Trinajstić information content (AvgIpc) is 2.52. The van der Waals surface area contributed by atoms with Crippen LogP contribution in [0.2, 0.25) is 0 Å². The summed E-state index contributed by atoms with van der Waals surface area (Å²) in [6.45, 7) is 5.36. The Morgan fingerprint density at radius 2 is 1.95 bits per heavy atom. The Balaban J connectivity index is 2.08. The van der Waals surface area contributed by atoms with Crippen LogP contribution in [0.5, 0.6) is 0 Å². The van der Waals surface area contributed by atoms with Crippen molar-refractivity contribution in [3.8, 4) is 0 Å². The van der Waals surface area contributed by atoms with E-state index in [-0.39, 0.29) is 5.91 Å². The fourth-order valence-corrected chi connectivity index (χ4v) is 2.80. The van der Waals surface area contributed by atoms with Crippen LogP contribution in [0.15, 0.2) is 24.3 Å². The summed E-state index contributed by atoms with van der Waals surface area (Å²) in [5.41, 5.74) is 2.48. The third-order valence-corrected chi connectivity index (χ3v) is 3.93. The number of amides is 2. The normalized spacial score (nSPS) is 15.2. The van der Waals surface area contributed by atoms with E-state index in [0.717, 1.165) is 6.42 Å². The van der Waals surface area contributed by atoms with E-state index in [1.165, 1.54) is 18.2 Å². The maximum absolute atomic E-state index is 12.8. The molecule has 0 aromatic heterocycles. The molecule has 2 rings (SSSR count). The quantitative estimate of drug-likeness (QED) is 0.929. The maximum Gasteiger partial charge on any atom is 0.407 e. The molecule has 0 spiro atoms. The van der Waals surface area contributed by atoms with E-state index >= 15 is 0 Å². The van der Waals surface area contributed by atoms with Crippen LogP contribution < -0.4 is 5.32 Å². The van der Waals surface area contributed by atoms with Gasteiger partial charge in [-0.3, -0.25) is 4.79 Å². The molecule has 5 nitrogen and oxygen atoms in total. The first-order valence-electron chi connectivity index (χ1n) is 7.71. The highest BCUT2D eigenvalue weighted by molar-refractivity contribution is 5.85. The molecule has 1 aliphatic heterocycles. The zero-order valence-corrected chi connectivity index (χ0v) is 13.5. The van der Waals surface area contributed by atoms with Crippen LogP contribution in [0.25, 0.3) is 0 Å². The fourth-order valence-electron chi connectivity index (χ4n) is 2.80. The highest BCUT2D eigenvalue weighted by Crippen LogP contribution is 2.20. The van der Waals surface area contributed by atoms with Gasteiger partial charge in [-0.2, -0.15) is 0 Å². The van der Waals surface area contributed by atoms with Gasteiger partial charge < -0.3 is 15.0 Å². The van der Waals surface area contributed by atoms with Gasteiger partial charge in [0, 0.05) is 13.1 Å². The van der Waals surface area contributed by atoms with Crippen LogP contribution in [0.1, 0.15) is 31.4 Å². The molecule has 0 bridgehead atoms. The van der Waals surface area contributed by atoms with Crippen LogP contribution in [-0.2, 0) is 22.5 Å². The third-order valence-electron chi connectivity index (χ3n) is 3.93. The molecule has 0 radical (unpaired) electrons. The zero-order valence-electron chi connectivity index (χ0n) is 13.5. The molecule has 0 saturated heterocycles. The number of fused-ring (bicyclic) bond motifs is 1. The van der Waals surface area contributed by atoms with E-state index in [2.05, 4.69) is 22.2 Å². The van der Waals surface area contributed by atoms with Gasteiger partial charge in [0.2, 0.25) is 5.91 Å². The molecule has 0 aliphatic carbocycles. The van der Waals surface area contributed by atoms with Gasteiger partial charge in [-0.15, -0.1) is 0 Å². The van der Waals surface area contributed by atoms with Crippen LogP contribution >= 0.6 is 0 Å². The number of benzene rings is 1. The van der Waals surface area contributed by atoms with E-state index in [1.807, 2.05) is 30.9 Å². The van der Waals surface area contributed by atoms with Gasteiger partial charge in [-0.1, -0.05) is 38.1 Å². The lowest BCUT2D eigenvalue weighted by Crippen LogP contribution is -2.50. The second-order valence-electron chi connectivity index (χ2n) is 6.10. The number of nitrogens with zero attached hydrogens (tertiary/aromatic N) is 1. The van der Waals surface area contributed by atoms with E-state index < -0.39 is 12.1 Å². The molecule has 0 unspecified atom stereocenters. The van der Waals surface area contributed by atoms with Crippen molar-refractivity contribution < 1.29 is 14.3 Å². The first-order chi connectivity index (χ1) is 10.5. The Kier molecular flexibility index (Phi) is 5.41. The second kappa shape index (κ2) is 7.29. The molecule has 120 valence electrons. The first-order valence-corrected chi connectivity index (χ1v) is 7.71. The summed E-state index contributed by atoms with van der Waals surface area (Å²) >= 11 is 0. The summed E-state index contributed by atoms with van der Waals surface area (Å²) in [4.78, 5) is 26.1. The second-order valence-corrected chi connectivity index (χ2v) is 6.10. The van der Waals surface area contributed by atoms with Crippen LogP contribution in [-0.4, -0.2) is 36.6 Å². The summed E-state index contributed by atoms with van der Waals surface area (Å²) in [5.74, 6) is 0.275. The molecule has 1 atom stereocenters. The zero-order chi connectivity index (χ0) is 16.1.